The van der Waals surface area contributed by atoms with Crippen LogP contribution in [0.4, 0.5) is 0 Å². The lowest BCUT2D eigenvalue weighted by Gasteiger charge is -2.11. The maximum absolute atomic E-state index is 12.2. The molecule has 3 rings (SSSR count). The van der Waals surface area contributed by atoms with Gasteiger partial charge in [0.1, 0.15) is 0 Å². The Balaban J connectivity index is 1.66. The van der Waals surface area contributed by atoms with Gasteiger partial charge in [-0.1, -0.05) is 6.92 Å². The van der Waals surface area contributed by atoms with Crippen molar-refractivity contribution in [3.8, 4) is 0 Å². The van der Waals surface area contributed by atoms with Crippen molar-refractivity contribution in [2.75, 3.05) is 6.54 Å². The lowest BCUT2D eigenvalue weighted by atomic mass is 10.2. The highest BCUT2D eigenvalue weighted by atomic mass is 32.2. The van der Waals surface area contributed by atoms with Crippen LogP contribution in [0.1, 0.15) is 38.2 Å². The number of nitrogens with one attached hydrogen (secondary N) is 3. The van der Waals surface area contributed by atoms with Crippen molar-refractivity contribution in [3.05, 3.63) is 11.8 Å². The highest BCUT2D eigenvalue weighted by Crippen LogP contribution is 2.44. The van der Waals surface area contributed by atoms with Crippen LogP contribution in [-0.2, 0) is 16.6 Å². The fourth-order valence-electron chi connectivity index (χ4n) is 1.93. The SMILES string of the molecule is CC1(CNS(=O)(=O)c2[nH]ncc2CNC2CC2)CC1. The van der Waals surface area contributed by atoms with Crippen LogP contribution in [0, 0.1) is 5.41 Å². The summed E-state index contributed by atoms with van der Waals surface area (Å²) in [5.41, 5.74) is 0.861. The van der Waals surface area contributed by atoms with Crippen molar-refractivity contribution in [1.29, 1.82) is 0 Å². The number of hydrogen-bond donors (Lipinski definition) is 3. The zero-order chi connectivity index (χ0) is 13.5. The Hall–Kier alpha value is -0.920. The fraction of sp³-hybridized carbons (Fsp3) is 0.750. The summed E-state index contributed by atoms with van der Waals surface area (Å²) in [6.45, 7) is 3.15. The molecule has 0 amide bonds. The van der Waals surface area contributed by atoms with Gasteiger partial charge in [-0.3, -0.25) is 5.10 Å². The van der Waals surface area contributed by atoms with Crippen LogP contribution in [0.5, 0.6) is 0 Å². The quantitative estimate of drug-likeness (QED) is 0.689. The minimum absolute atomic E-state index is 0.152. The lowest BCUT2D eigenvalue weighted by molar-refractivity contribution is 0.527. The summed E-state index contributed by atoms with van der Waals surface area (Å²) < 4.78 is 27.2. The molecule has 2 aliphatic carbocycles. The molecule has 0 aliphatic heterocycles. The van der Waals surface area contributed by atoms with Crippen molar-refractivity contribution in [1.82, 2.24) is 20.2 Å². The average molecular weight is 284 g/mol. The Labute approximate surface area is 113 Å². The summed E-state index contributed by atoms with van der Waals surface area (Å²) in [6.07, 6.45) is 6.12. The van der Waals surface area contributed by atoms with E-state index in [1.807, 2.05) is 0 Å². The predicted octanol–water partition coefficient (Wildman–Crippen LogP) is 0.740. The maximum atomic E-state index is 12.2. The molecule has 19 heavy (non-hydrogen) atoms. The fourth-order valence-corrected chi connectivity index (χ4v) is 3.26. The molecule has 106 valence electrons. The van der Waals surface area contributed by atoms with Crippen molar-refractivity contribution in [3.63, 3.8) is 0 Å². The van der Waals surface area contributed by atoms with Crippen LogP contribution in [0.3, 0.4) is 0 Å². The van der Waals surface area contributed by atoms with E-state index in [9.17, 15) is 8.42 Å². The second kappa shape index (κ2) is 4.57. The van der Waals surface area contributed by atoms with Crippen molar-refractivity contribution < 1.29 is 8.42 Å². The summed E-state index contributed by atoms with van der Waals surface area (Å²) in [5, 5.41) is 9.97. The van der Waals surface area contributed by atoms with Crippen LogP contribution >= 0.6 is 0 Å². The molecular weight excluding hydrogens is 264 g/mol. The zero-order valence-electron chi connectivity index (χ0n) is 11.1. The molecule has 0 aromatic carbocycles. The van der Waals surface area contributed by atoms with E-state index in [2.05, 4.69) is 27.2 Å². The van der Waals surface area contributed by atoms with Crippen LogP contribution in [-0.4, -0.2) is 31.2 Å². The highest BCUT2D eigenvalue weighted by Gasteiger charge is 2.38. The molecular formula is C12H20N4O2S. The molecule has 1 aromatic rings. The van der Waals surface area contributed by atoms with Gasteiger partial charge < -0.3 is 5.32 Å². The first kappa shape index (κ1) is 13.1. The molecule has 0 saturated heterocycles. The Bertz CT molecular complexity index is 558. The number of aromatic amines is 1. The van der Waals surface area contributed by atoms with Crippen LogP contribution < -0.4 is 10.0 Å². The molecule has 1 aromatic heterocycles. The van der Waals surface area contributed by atoms with Crippen molar-refractivity contribution in [2.24, 2.45) is 5.41 Å². The van der Waals surface area contributed by atoms with Gasteiger partial charge in [-0.15, -0.1) is 0 Å². The molecule has 0 atom stereocenters. The van der Waals surface area contributed by atoms with E-state index in [1.54, 1.807) is 6.20 Å². The standard InChI is InChI=1S/C12H20N4O2S/c1-12(4-5-12)8-15-19(17,18)11-9(7-14-16-11)6-13-10-2-3-10/h7,10,13,15H,2-6,8H2,1H3,(H,14,16). The van der Waals surface area contributed by atoms with Gasteiger partial charge in [-0.2, -0.15) is 5.10 Å². The Kier molecular flexibility index (Phi) is 3.15. The van der Waals surface area contributed by atoms with Gasteiger partial charge in [0, 0.05) is 24.7 Å². The van der Waals surface area contributed by atoms with E-state index in [0.717, 1.165) is 12.8 Å². The van der Waals surface area contributed by atoms with E-state index in [0.29, 0.717) is 24.7 Å². The first-order valence-electron chi connectivity index (χ1n) is 6.74. The van der Waals surface area contributed by atoms with E-state index in [4.69, 9.17) is 0 Å². The van der Waals surface area contributed by atoms with Gasteiger partial charge in [0.25, 0.3) is 10.0 Å². The van der Waals surface area contributed by atoms with Crippen LogP contribution in [0.15, 0.2) is 11.2 Å². The molecule has 2 fully saturated rings. The van der Waals surface area contributed by atoms with E-state index in [1.165, 1.54) is 12.8 Å². The van der Waals surface area contributed by atoms with Crippen molar-refractivity contribution in [2.45, 2.75) is 50.2 Å². The van der Waals surface area contributed by atoms with Crippen molar-refractivity contribution >= 4 is 10.0 Å². The van der Waals surface area contributed by atoms with Gasteiger partial charge >= 0.3 is 0 Å². The number of rotatable bonds is 7. The van der Waals surface area contributed by atoms with Crippen LogP contribution in [0.25, 0.3) is 0 Å². The third kappa shape index (κ3) is 3.16. The molecule has 0 radical (unpaired) electrons. The Morgan fingerprint density at radius 1 is 1.47 bits per heavy atom. The monoisotopic (exact) mass is 284 g/mol. The molecule has 0 spiro atoms. The summed E-state index contributed by atoms with van der Waals surface area (Å²) >= 11 is 0. The molecule has 3 N–H and O–H groups in total. The van der Waals surface area contributed by atoms with Gasteiger partial charge in [-0.25, -0.2) is 13.1 Å². The first-order valence-corrected chi connectivity index (χ1v) is 8.22. The molecule has 1 heterocycles. The molecule has 6 nitrogen and oxygen atoms in total. The number of nitrogens with zero attached hydrogens (tertiary/aromatic N) is 1. The maximum Gasteiger partial charge on any atom is 0.257 e. The van der Waals surface area contributed by atoms with Gasteiger partial charge in [-0.05, 0) is 31.1 Å². The van der Waals surface area contributed by atoms with Gasteiger partial charge in [0.15, 0.2) is 5.03 Å². The second-order valence-electron chi connectivity index (χ2n) is 6.01. The average Bonchev–Trinajstić information content (AvgIpc) is 3.27. The number of sulfonamides is 1. The largest absolute Gasteiger partial charge is 0.310 e. The first-order chi connectivity index (χ1) is 8.99. The molecule has 0 bridgehead atoms. The number of hydrogen-bond acceptors (Lipinski definition) is 4. The normalized spacial score (nSPS) is 21.5. The van der Waals surface area contributed by atoms with E-state index >= 15 is 0 Å². The van der Waals surface area contributed by atoms with Crippen LogP contribution in [0.2, 0.25) is 0 Å². The van der Waals surface area contributed by atoms with E-state index in [-0.39, 0.29) is 10.4 Å². The lowest BCUT2D eigenvalue weighted by Crippen LogP contribution is -2.30. The third-order valence-electron chi connectivity index (χ3n) is 3.90. The molecule has 7 heteroatoms. The number of aromatic nitrogens is 2. The Morgan fingerprint density at radius 2 is 2.21 bits per heavy atom. The van der Waals surface area contributed by atoms with Gasteiger partial charge in [0.05, 0.1) is 6.20 Å². The zero-order valence-corrected chi connectivity index (χ0v) is 11.9. The van der Waals surface area contributed by atoms with Gasteiger partial charge in [0.2, 0.25) is 0 Å². The van der Waals surface area contributed by atoms with E-state index < -0.39 is 10.0 Å². The molecule has 0 unspecified atom stereocenters. The second-order valence-corrected chi connectivity index (χ2v) is 7.72. The molecule has 2 saturated carbocycles. The predicted molar refractivity (Wildman–Crippen MR) is 71.0 cm³/mol. The third-order valence-corrected chi connectivity index (χ3v) is 5.31. The Morgan fingerprint density at radius 3 is 2.84 bits per heavy atom. The smallest absolute Gasteiger partial charge is 0.257 e. The minimum atomic E-state index is -3.48. The topological polar surface area (TPSA) is 86.9 Å². The summed E-state index contributed by atoms with van der Waals surface area (Å²) in [7, 11) is -3.48. The summed E-state index contributed by atoms with van der Waals surface area (Å²) in [4.78, 5) is 0. The highest BCUT2D eigenvalue weighted by molar-refractivity contribution is 7.89. The number of H-pyrrole nitrogens is 1. The summed E-state index contributed by atoms with van der Waals surface area (Å²) in [5.74, 6) is 0. The molecule has 2 aliphatic rings. The minimum Gasteiger partial charge on any atom is -0.310 e. The summed E-state index contributed by atoms with van der Waals surface area (Å²) in [6, 6.07) is 0.545.